The lowest BCUT2D eigenvalue weighted by Crippen LogP contribution is -2.07. The third-order valence-electron chi connectivity index (χ3n) is 1.78. The Hall–Kier alpha value is -1.29. The lowest BCUT2D eigenvalue weighted by molar-refractivity contribution is -0.114. The second-order valence-electron chi connectivity index (χ2n) is 3.12. The van der Waals surface area contributed by atoms with Crippen molar-refractivity contribution in [3.8, 4) is 0 Å². The molecule has 0 unspecified atom stereocenters. The number of benzene rings is 1. The Morgan fingerprint density at radius 1 is 1.40 bits per heavy atom. The van der Waals surface area contributed by atoms with Crippen LogP contribution in [0.3, 0.4) is 0 Å². The lowest BCUT2D eigenvalue weighted by atomic mass is 10.1. The Balaban J connectivity index is 2.82. The maximum atomic E-state index is 11.5. The molecule has 4 heteroatoms. The van der Waals surface area contributed by atoms with E-state index in [0.29, 0.717) is 17.0 Å². The van der Waals surface area contributed by atoms with E-state index in [2.05, 4.69) is 5.32 Å². The Kier molecular flexibility index (Phi) is 4.37. The van der Waals surface area contributed by atoms with Gasteiger partial charge in [-0.05, 0) is 18.4 Å². The average Bonchev–Trinajstić information content (AvgIpc) is 2.17. The molecule has 0 aliphatic heterocycles. The first kappa shape index (κ1) is 11.8. The molecule has 80 valence electrons. The van der Waals surface area contributed by atoms with E-state index >= 15 is 0 Å². The van der Waals surface area contributed by atoms with E-state index in [1.807, 2.05) is 6.26 Å². The molecule has 1 aromatic rings. The summed E-state index contributed by atoms with van der Waals surface area (Å²) in [4.78, 5) is 22.4. The molecule has 0 heterocycles. The first-order valence-corrected chi connectivity index (χ1v) is 5.92. The quantitative estimate of drug-likeness (QED) is 0.796. The van der Waals surface area contributed by atoms with E-state index in [1.165, 1.54) is 18.7 Å². The highest BCUT2D eigenvalue weighted by Crippen LogP contribution is 2.12. The minimum Gasteiger partial charge on any atom is -0.326 e. The zero-order chi connectivity index (χ0) is 11.3. The van der Waals surface area contributed by atoms with Crippen LogP contribution in [0.5, 0.6) is 0 Å². The number of Topliss-reactive ketones (excluding diaryl/α,β-unsaturated/α-hetero) is 1. The van der Waals surface area contributed by atoms with Crippen LogP contribution in [0, 0.1) is 0 Å². The van der Waals surface area contributed by atoms with Crippen molar-refractivity contribution in [1.82, 2.24) is 0 Å². The van der Waals surface area contributed by atoms with Crippen molar-refractivity contribution >= 4 is 29.1 Å². The van der Waals surface area contributed by atoms with Crippen LogP contribution in [0.15, 0.2) is 24.3 Å². The molecule has 0 saturated carbocycles. The number of carbonyl (C=O) groups is 2. The van der Waals surface area contributed by atoms with E-state index in [4.69, 9.17) is 0 Å². The minimum absolute atomic E-state index is 0.0784. The summed E-state index contributed by atoms with van der Waals surface area (Å²) < 4.78 is 0. The van der Waals surface area contributed by atoms with Gasteiger partial charge in [0.25, 0.3) is 0 Å². The normalized spacial score (nSPS) is 9.73. The molecule has 0 aliphatic rings. The van der Waals surface area contributed by atoms with Crippen LogP contribution in [0.2, 0.25) is 0 Å². The number of amides is 1. The zero-order valence-electron chi connectivity index (χ0n) is 8.74. The first-order chi connectivity index (χ1) is 7.13. The molecule has 0 spiro atoms. The maximum absolute atomic E-state index is 11.5. The van der Waals surface area contributed by atoms with Crippen LogP contribution >= 0.6 is 11.8 Å². The van der Waals surface area contributed by atoms with Crippen molar-refractivity contribution < 1.29 is 9.59 Å². The summed E-state index contributed by atoms with van der Waals surface area (Å²) in [6, 6.07) is 6.97. The third-order valence-corrected chi connectivity index (χ3v) is 2.33. The zero-order valence-corrected chi connectivity index (χ0v) is 9.56. The monoisotopic (exact) mass is 223 g/mol. The largest absolute Gasteiger partial charge is 0.326 e. The fourth-order valence-corrected chi connectivity index (χ4v) is 1.62. The smallest absolute Gasteiger partial charge is 0.221 e. The third kappa shape index (κ3) is 3.75. The molecule has 0 aromatic heterocycles. The van der Waals surface area contributed by atoms with Gasteiger partial charge in [0.15, 0.2) is 5.78 Å². The second-order valence-corrected chi connectivity index (χ2v) is 3.98. The van der Waals surface area contributed by atoms with Crippen molar-refractivity contribution in [2.45, 2.75) is 6.92 Å². The van der Waals surface area contributed by atoms with Crippen LogP contribution in [0.4, 0.5) is 5.69 Å². The van der Waals surface area contributed by atoms with Gasteiger partial charge in [-0.2, -0.15) is 11.8 Å². The number of anilines is 1. The fourth-order valence-electron chi connectivity index (χ4n) is 1.19. The molecule has 3 nitrogen and oxygen atoms in total. The highest BCUT2D eigenvalue weighted by molar-refractivity contribution is 7.99. The number of thioether (sulfide) groups is 1. The average molecular weight is 223 g/mol. The highest BCUT2D eigenvalue weighted by Gasteiger charge is 2.05. The molecular formula is C11H13NO2S. The van der Waals surface area contributed by atoms with E-state index in [-0.39, 0.29) is 11.7 Å². The van der Waals surface area contributed by atoms with Gasteiger partial charge in [-0.25, -0.2) is 0 Å². The number of nitrogens with one attached hydrogen (secondary N) is 1. The van der Waals surface area contributed by atoms with Crippen LogP contribution in [-0.4, -0.2) is 23.7 Å². The van der Waals surface area contributed by atoms with Crippen molar-refractivity contribution in [1.29, 1.82) is 0 Å². The molecule has 0 atom stereocenters. The SMILES string of the molecule is CSCC(=O)c1cccc(NC(C)=O)c1. The van der Waals surface area contributed by atoms with E-state index in [0.717, 1.165) is 0 Å². The molecule has 0 fully saturated rings. The van der Waals surface area contributed by atoms with Gasteiger partial charge in [-0.15, -0.1) is 0 Å². The standard InChI is InChI=1S/C11H13NO2S/c1-8(13)12-10-5-3-4-9(6-10)11(14)7-15-2/h3-6H,7H2,1-2H3,(H,12,13). The second kappa shape index (κ2) is 5.56. The van der Waals surface area contributed by atoms with Crippen LogP contribution < -0.4 is 5.32 Å². The summed E-state index contributed by atoms with van der Waals surface area (Å²) in [6.45, 7) is 1.44. The summed E-state index contributed by atoms with van der Waals surface area (Å²) in [5, 5.41) is 2.64. The molecule has 0 saturated heterocycles. The topological polar surface area (TPSA) is 46.2 Å². The Morgan fingerprint density at radius 2 is 2.13 bits per heavy atom. The predicted octanol–water partition coefficient (Wildman–Crippen LogP) is 2.19. The summed E-state index contributed by atoms with van der Waals surface area (Å²) >= 11 is 1.49. The van der Waals surface area contributed by atoms with Gasteiger partial charge in [0.1, 0.15) is 0 Å². The van der Waals surface area contributed by atoms with Gasteiger partial charge >= 0.3 is 0 Å². The maximum Gasteiger partial charge on any atom is 0.221 e. The van der Waals surface area contributed by atoms with E-state index in [1.54, 1.807) is 24.3 Å². The van der Waals surface area contributed by atoms with Gasteiger partial charge in [0, 0.05) is 18.2 Å². The summed E-state index contributed by atoms with van der Waals surface area (Å²) in [7, 11) is 0. The molecule has 0 aliphatic carbocycles. The molecule has 0 radical (unpaired) electrons. The molecule has 1 N–H and O–H groups in total. The van der Waals surface area contributed by atoms with Crippen molar-refractivity contribution in [2.75, 3.05) is 17.3 Å². The molecule has 1 amide bonds. The van der Waals surface area contributed by atoms with Crippen LogP contribution in [-0.2, 0) is 4.79 Å². The highest BCUT2D eigenvalue weighted by atomic mass is 32.2. The van der Waals surface area contributed by atoms with Gasteiger partial charge in [-0.3, -0.25) is 9.59 Å². The number of hydrogen-bond acceptors (Lipinski definition) is 3. The summed E-state index contributed by atoms with van der Waals surface area (Å²) in [5.41, 5.74) is 1.30. The Morgan fingerprint density at radius 3 is 2.73 bits per heavy atom. The molecule has 0 bridgehead atoms. The molecule has 15 heavy (non-hydrogen) atoms. The lowest BCUT2D eigenvalue weighted by Gasteiger charge is -2.04. The van der Waals surface area contributed by atoms with Crippen LogP contribution in [0.25, 0.3) is 0 Å². The van der Waals surface area contributed by atoms with E-state index < -0.39 is 0 Å². The predicted molar refractivity (Wildman–Crippen MR) is 63.5 cm³/mol. The van der Waals surface area contributed by atoms with Gasteiger partial charge in [-0.1, -0.05) is 12.1 Å². The van der Waals surface area contributed by atoms with Crippen LogP contribution in [0.1, 0.15) is 17.3 Å². The van der Waals surface area contributed by atoms with Crippen molar-refractivity contribution in [3.05, 3.63) is 29.8 Å². The molecule has 1 rings (SSSR count). The van der Waals surface area contributed by atoms with E-state index in [9.17, 15) is 9.59 Å². The Labute approximate surface area is 93.3 Å². The molecule has 1 aromatic carbocycles. The van der Waals surface area contributed by atoms with Gasteiger partial charge < -0.3 is 5.32 Å². The van der Waals surface area contributed by atoms with Crippen molar-refractivity contribution in [2.24, 2.45) is 0 Å². The number of hydrogen-bond donors (Lipinski definition) is 1. The minimum atomic E-state index is -0.135. The first-order valence-electron chi connectivity index (χ1n) is 4.53. The molecular weight excluding hydrogens is 210 g/mol. The van der Waals surface area contributed by atoms with Gasteiger partial charge in [0.2, 0.25) is 5.91 Å². The number of ketones is 1. The fraction of sp³-hybridized carbons (Fsp3) is 0.273. The Bertz CT molecular complexity index is 377. The van der Waals surface area contributed by atoms with Gasteiger partial charge in [0.05, 0.1) is 5.75 Å². The number of rotatable bonds is 4. The number of carbonyl (C=O) groups excluding carboxylic acids is 2. The van der Waals surface area contributed by atoms with Crippen molar-refractivity contribution in [3.63, 3.8) is 0 Å². The summed E-state index contributed by atoms with van der Waals surface area (Å²) in [5.74, 6) is 0.406. The summed E-state index contributed by atoms with van der Waals surface area (Å²) in [6.07, 6.45) is 1.88.